The van der Waals surface area contributed by atoms with Crippen LogP contribution in [0.2, 0.25) is 0 Å². The predicted octanol–water partition coefficient (Wildman–Crippen LogP) is 4.37. The van der Waals surface area contributed by atoms with Gasteiger partial charge in [-0.15, -0.1) is 0 Å². The van der Waals surface area contributed by atoms with E-state index in [-0.39, 0.29) is 0 Å². The van der Waals surface area contributed by atoms with E-state index in [1.54, 1.807) is 5.01 Å². The monoisotopic (exact) mass is 297 g/mol. The van der Waals surface area contributed by atoms with Gasteiger partial charge in [-0.05, 0) is 24.3 Å². The Morgan fingerprint density at radius 2 is 1.13 bits per heavy atom. The first-order valence-corrected chi connectivity index (χ1v) is 7.52. The summed E-state index contributed by atoms with van der Waals surface area (Å²) in [5.41, 5.74) is 3.08. The molecule has 0 aromatic heterocycles. The molecule has 3 nitrogen and oxygen atoms in total. The first kappa shape index (κ1) is 13.6. The summed E-state index contributed by atoms with van der Waals surface area (Å²) in [4.78, 5) is 1.99. The van der Waals surface area contributed by atoms with Crippen molar-refractivity contribution < 1.29 is 0 Å². The molecule has 0 amide bonds. The summed E-state index contributed by atoms with van der Waals surface area (Å²) in [6.07, 6.45) is 0. The Morgan fingerprint density at radius 3 is 1.74 bits per heavy atom. The van der Waals surface area contributed by atoms with Crippen molar-refractivity contribution in [1.29, 1.82) is 0 Å². The van der Waals surface area contributed by atoms with Crippen LogP contribution in [-0.2, 0) is 0 Å². The maximum atomic E-state index is 4.75. The highest BCUT2D eigenvalue weighted by molar-refractivity contribution is 6.13. The number of rotatable bonds is 3. The van der Waals surface area contributed by atoms with Gasteiger partial charge in [-0.1, -0.05) is 66.7 Å². The van der Waals surface area contributed by atoms with Gasteiger partial charge in [-0.3, -0.25) is 4.90 Å². The van der Waals surface area contributed by atoms with Crippen molar-refractivity contribution in [2.24, 2.45) is 5.10 Å². The Labute approximate surface area is 136 Å². The van der Waals surface area contributed by atoms with Crippen LogP contribution in [0.15, 0.2) is 96.1 Å². The number of hydrogen-bond acceptors (Lipinski definition) is 3. The van der Waals surface area contributed by atoms with E-state index in [1.807, 2.05) is 71.6 Å². The average Bonchev–Trinajstić information content (AvgIpc) is 3.09. The summed E-state index contributed by atoms with van der Waals surface area (Å²) in [5.74, 6) is 0.862. The van der Waals surface area contributed by atoms with Crippen LogP contribution in [0.1, 0.15) is 5.56 Å². The van der Waals surface area contributed by atoms with Crippen LogP contribution in [0, 0.1) is 6.67 Å². The number of hydrazone groups is 1. The van der Waals surface area contributed by atoms with Crippen LogP contribution in [0.25, 0.3) is 0 Å². The smallest absolute Gasteiger partial charge is 0.237 e. The van der Waals surface area contributed by atoms with Gasteiger partial charge < -0.3 is 0 Å². The van der Waals surface area contributed by atoms with Gasteiger partial charge in [-0.25, -0.2) is 5.01 Å². The Balaban J connectivity index is 1.76. The maximum Gasteiger partial charge on any atom is 0.237 e. The second-order valence-corrected chi connectivity index (χ2v) is 5.21. The Hall–Kier alpha value is -3.07. The number of hydrogen-bond donors (Lipinski definition) is 0. The van der Waals surface area contributed by atoms with E-state index in [1.165, 1.54) is 0 Å². The van der Waals surface area contributed by atoms with Crippen LogP contribution in [0.3, 0.4) is 0 Å². The highest BCUT2D eigenvalue weighted by Crippen LogP contribution is 2.29. The Morgan fingerprint density at radius 1 is 0.609 bits per heavy atom. The first-order chi connectivity index (χ1) is 11.4. The SMILES string of the molecule is [C]1N(c2ccccc2)N=C(c2ccccc2)N1c1ccccc1. The zero-order valence-electron chi connectivity index (χ0n) is 12.5. The van der Waals surface area contributed by atoms with Crippen LogP contribution < -0.4 is 9.91 Å². The van der Waals surface area contributed by atoms with Gasteiger partial charge in [0.05, 0.1) is 5.69 Å². The molecule has 0 saturated carbocycles. The molecule has 0 saturated heterocycles. The lowest BCUT2D eigenvalue weighted by molar-refractivity contribution is 1.02. The summed E-state index contributed by atoms with van der Waals surface area (Å²) >= 11 is 0. The molecule has 0 spiro atoms. The number of amidine groups is 1. The highest BCUT2D eigenvalue weighted by Gasteiger charge is 2.28. The summed E-state index contributed by atoms with van der Waals surface area (Å²) in [6.45, 7) is 3.34. The summed E-state index contributed by atoms with van der Waals surface area (Å²) < 4.78 is 0. The van der Waals surface area contributed by atoms with E-state index in [2.05, 4.69) is 30.9 Å². The molecule has 1 heterocycles. The number of para-hydroxylation sites is 2. The van der Waals surface area contributed by atoms with Crippen LogP contribution in [0.5, 0.6) is 0 Å². The third-order valence-electron chi connectivity index (χ3n) is 3.65. The predicted molar refractivity (Wildman–Crippen MR) is 94.1 cm³/mol. The molecule has 1 aliphatic rings. The Kier molecular flexibility index (Phi) is 3.53. The lowest BCUT2D eigenvalue weighted by atomic mass is 10.2. The fourth-order valence-electron chi connectivity index (χ4n) is 2.52. The molecule has 110 valence electrons. The normalized spacial score (nSPS) is 14.0. The van der Waals surface area contributed by atoms with Crippen molar-refractivity contribution in [1.82, 2.24) is 0 Å². The molecule has 4 rings (SSSR count). The summed E-state index contributed by atoms with van der Waals surface area (Å²) in [5, 5.41) is 6.54. The van der Waals surface area contributed by atoms with Crippen LogP contribution in [-0.4, -0.2) is 5.84 Å². The fourth-order valence-corrected chi connectivity index (χ4v) is 2.52. The van der Waals surface area contributed by atoms with Crippen LogP contribution >= 0.6 is 0 Å². The van der Waals surface area contributed by atoms with Gasteiger partial charge in [0.2, 0.25) is 6.67 Å². The van der Waals surface area contributed by atoms with Gasteiger partial charge in [0, 0.05) is 11.3 Å². The lowest BCUT2D eigenvalue weighted by Gasteiger charge is -2.19. The molecule has 0 N–H and O–H groups in total. The van der Waals surface area contributed by atoms with Gasteiger partial charge in [0.25, 0.3) is 0 Å². The molecule has 0 aliphatic carbocycles. The molecular weight excluding hydrogens is 282 g/mol. The highest BCUT2D eigenvalue weighted by atomic mass is 15.6. The van der Waals surface area contributed by atoms with Gasteiger partial charge in [0.15, 0.2) is 5.84 Å². The minimum atomic E-state index is 0.862. The molecule has 0 unspecified atom stereocenters. The summed E-state index contributed by atoms with van der Waals surface area (Å²) in [6, 6.07) is 30.4. The first-order valence-electron chi connectivity index (χ1n) is 7.52. The standard InChI is InChI=1S/C20H15N3/c1-4-10-17(11-5-1)20-21-23(19-14-8-3-9-15-19)16-22(20)18-12-6-2-7-13-18/h1-15H. The molecule has 1 aliphatic heterocycles. The zero-order valence-corrected chi connectivity index (χ0v) is 12.5. The molecule has 3 aromatic rings. The second kappa shape index (κ2) is 5.97. The number of nitrogens with zero attached hydrogens (tertiary/aromatic N) is 3. The van der Waals surface area contributed by atoms with E-state index < -0.39 is 0 Å². The van der Waals surface area contributed by atoms with E-state index in [0.717, 1.165) is 22.8 Å². The number of benzene rings is 3. The van der Waals surface area contributed by atoms with Crippen molar-refractivity contribution in [2.75, 3.05) is 9.91 Å². The second-order valence-electron chi connectivity index (χ2n) is 5.21. The molecule has 3 heteroatoms. The molecule has 3 aromatic carbocycles. The van der Waals surface area contributed by atoms with Crippen molar-refractivity contribution in [3.8, 4) is 0 Å². The summed E-state index contributed by atoms with van der Waals surface area (Å²) in [7, 11) is 0. The molecule has 2 radical (unpaired) electrons. The van der Waals surface area contributed by atoms with Crippen molar-refractivity contribution in [3.05, 3.63) is 103 Å². The minimum Gasteiger partial charge on any atom is -0.291 e. The maximum absolute atomic E-state index is 4.75. The van der Waals surface area contributed by atoms with Crippen molar-refractivity contribution in [3.63, 3.8) is 0 Å². The lowest BCUT2D eigenvalue weighted by Crippen LogP contribution is -2.26. The molecule has 0 fully saturated rings. The van der Waals surface area contributed by atoms with Gasteiger partial charge in [0.1, 0.15) is 0 Å². The topological polar surface area (TPSA) is 18.8 Å². The van der Waals surface area contributed by atoms with Crippen molar-refractivity contribution >= 4 is 17.2 Å². The third-order valence-corrected chi connectivity index (χ3v) is 3.65. The van der Waals surface area contributed by atoms with E-state index >= 15 is 0 Å². The van der Waals surface area contributed by atoms with Gasteiger partial charge in [-0.2, -0.15) is 5.10 Å². The molecule has 23 heavy (non-hydrogen) atoms. The molecular formula is C20H15N3. The molecule has 0 bridgehead atoms. The average molecular weight is 297 g/mol. The van der Waals surface area contributed by atoms with Crippen molar-refractivity contribution in [2.45, 2.75) is 0 Å². The van der Waals surface area contributed by atoms with E-state index in [4.69, 9.17) is 5.10 Å². The fraction of sp³-hybridized carbons (Fsp3) is 0. The van der Waals surface area contributed by atoms with Crippen LogP contribution in [0.4, 0.5) is 11.4 Å². The number of anilines is 2. The van der Waals surface area contributed by atoms with E-state index in [9.17, 15) is 0 Å². The quantitative estimate of drug-likeness (QED) is 0.715. The minimum absolute atomic E-state index is 0.862. The third kappa shape index (κ3) is 2.69. The molecule has 0 atom stereocenters. The van der Waals surface area contributed by atoms with Gasteiger partial charge >= 0.3 is 0 Å². The van der Waals surface area contributed by atoms with E-state index in [0.29, 0.717) is 0 Å². The zero-order chi connectivity index (χ0) is 15.5. The Bertz CT molecular complexity index is 798. The largest absolute Gasteiger partial charge is 0.291 e.